The van der Waals surface area contributed by atoms with Gasteiger partial charge in [-0.25, -0.2) is 0 Å². The van der Waals surface area contributed by atoms with Gasteiger partial charge in [0, 0.05) is 36.0 Å². The quantitative estimate of drug-likeness (QED) is 0.877. The van der Waals surface area contributed by atoms with Crippen molar-refractivity contribution in [3.05, 3.63) is 22.4 Å². The lowest BCUT2D eigenvalue weighted by atomic mass is 9.91. The van der Waals surface area contributed by atoms with Crippen LogP contribution in [0.5, 0.6) is 0 Å². The summed E-state index contributed by atoms with van der Waals surface area (Å²) in [4.78, 5) is 26.9. The van der Waals surface area contributed by atoms with E-state index in [1.54, 1.807) is 0 Å². The Kier molecular flexibility index (Phi) is 4.35. The molecule has 130 valence electrons. The van der Waals surface area contributed by atoms with Crippen molar-refractivity contribution in [3.63, 3.8) is 0 Å². The average Bonchev–Trinajstić information content (AvgIpc) is 3.05. The number of amides is 2. The summed E-state index contributed by atoms with van der Waals surface area (Å²) in [5.74, 6) is 0.632. The lowest BCUT2D eigenvalue weighted by Gasteiger charge is -2.33. The molecule has 24 heavy (non-hydrogen) atoms. The molecule has 0 radical (unpaired) electrons. The predicted molar refractivity (Wildman–Crippen MR) is 94.0 cm³/mol. The van der Waals surface area contributed by atoms with Crippen LogP contribution < -0.4 is 10.6 Å². The molecular weight excluding hydrogens is 322 g/mol. The predicted octanol–water partition coefficient (Wildman–Crippen LogP) is 1.86. The van der Waals surface area contributed by atoms with Crippen LogP contribution in [-0.4, -0.2) is 48.9 Å². The number of hydrogen-bond acceptors (Lipinski definition) is 4. The van der Waals surface area contributed by atoms with Crippen molar-refractivity contribution in [3.8, 4) is 0 Å². The number of piperidine rings is 2. The summed E-state index contributed by atoms with van der Waals surface area (Å²) in [5.41, 5.74) is 1.05. The summed E-state index contributed by atoms with van der Waals surface area (Å²) in [6.07, 6.45) is 5.11. The van der Waals surface area contributed by atoms with Crippen molar-refractivity contribution in [2.24, 2.45) is 11.3 Å². The summed E-state index contributed by atoms with van der Waals surface area (Å²) < 4.78 is 0. The molecule has 5 nitrogen and oxygen atoms in total. The smallest absolute Gasteiger partial charge is 0.252 e. The minimum absolute atomic E-state index is 0.0110. The largest absolute Gasteiger partial charge is 0.349 e. The van der Waals surface area contributed by atoms with E-state index in [-0.39, 0.29) is 17.9 Å². The van der Waals surface area contributed by atoms with E-state index >= 15 is 0 Å². The Morgan fingerprint density at radius 1 is 1.25 bits per heavy atom. The molecule has 4 rings (SSSR count). The van der Waals surface area contributed by atoms with Gasteiger partial charge >= 0.3 is 0 Å². The first-order valence-corrected chi connectivity index (χ1v) is 9.95. The molecule has 2 amide bonds. The van der Waals surface area contributed by atoms with Crippen molar-refractivity contribution in [2.45, 2.75) is 38.1 Å². The van der Waals surface area contributed by atoms with Crippen molar-refractivity contribution < 1.29 is 9.59 Å². The molecule has 2 aliphatic heterocycles. The zero-order valence-electron chi connectivity index (χ0n) is 13.9. The normalized spacial score (nSPS) is 26.3. The van der Waals surface area contributed by atoms with Gasteiger partial charge in [-0.1, -0.05) is 0 Å². The lowest BCUT2D eigenvalue weighted by molar-refractivity contribution is -0.134. The molecule has 2 saturated heterocycles. The number of rotatable bonds is 3. The van der Waals surface area contributed by atoms with Gasteiger partial charge in [-0.3, -0.25) is 9.59 Å². The van der Waals surface area contributed by atoms with Gasteiger partial charge in [-0.05, 0) is 62.1 Å². The zero-order valence-corrected chi connectivity index (χ0v) is 14.7. The van der Waals surface area contributed by atoms with E-state index in [0.29, 0.717) is 11.3 Å². The first-order chi connectivity index (χ1) is 11.7. The molecular formula is C18H25N3O2S. The topological polar surface area (TPSA) is 61.4 Å². The maximum absolute atomic E-state index is 12.8. The maximum atomic E-state index is 12.8. The van der Waals surface area contributed by atoms with Crippen LogP contribution in [0.3, 0.4) is 0 Å². The van der Waals surface area contributed by atoms with Crippen LogP contribution in [0.15, 0.2) is 16.8 Å². The third-order valence-electron chi connectivity index (χ3n) is 6.01. The van der Waals surface area contributed by atoms with Gasteiger partial charge in [-0.2, -0.15) is 11.3 Å². The third-order valence-corrected chi connectivity index (χ3v) is 6.70. The standard InChI is InChI=1S/C18H25N3O2S/c22-16(13-3-10-24-12-13)20-14-1-8-21(9-2-14)17(23)15-11-18(15)4-6-19-7-5-18/h3,10,12,14-15,19H,1-2,4-9,11H2,(H,20,22). The molecule has 3 aliphatic rings. The van der Waals surface area contributed by atoms with E-state index in [1.807, 2.05) is 21.7 Å². The van der Waals surface area contributed by atoms with Crippen molar-refractivity contribution in [2.75, 3.05) is 26.2 Å². The van der Waals surface area contributed by atoms with Gasteiger partial charge in [0.25, 0.3) is 5.91 Å². The molecule has 0 bridgehead atoms. The Bertz CT molecular complexity index is 602. The second-order valence-electron chi connectivity index (χ2n) is 7.45. The molecule has 1 spiro atoms. The number of carbonyl (C=O) groups excluding carboxylic acids is 2. The maximum Gasteiger partial charge on any atom is 0.252 e. The first-order valence-electron chi connectivity index (χ1n) is 9.00. The van der Waals surface area contributed by atoms with Gasteiger partial charge in [0.05, 0.1) is 0 Å². The van der Waals surface area contributed by atoms with E-state index in [4.69, 9.17) is 0 Å². The van der Waals surface area contributed by atoms with E-state index < -0.39 is 0 Å². The highest BCUT2D eigenvalue weighted by Crippen LogP contribution is 2.59. The highest BCUT2D eigenvalue weighted by atomic mass is 32.1. The molecule has 1 aromatic heterocycles. The van der Waals surface area contributed by atoms with E-state index in [2.05, 4.69) is 10.6 Å². The van der Waals surface area contributed by atoms with Crippen LogP contribution in [0.4, 0.5) is 0 Å². The summed E-state index contributed by atoms with van der Waals surface area (Å²) in [5, 5.41) is 10.3. The molecule has 3 fully saturated rings. The van der Waals surface area contributed by atoms with Crippen LogP contribution in [0.1, 0.15) is 42.5 Å². The number of carbonyl (C=O) groups is 2. The van der Waals surface area contributed by atoms with Crippen LogP contribution in [0.2, 0.25) is 0 Å². The Morgan fingerprint density at radius 2 is 2.00 bits per heavy atom. The Labute approximate surface area is 146 Å². The first kappa shape index (κ1) is 16.1. The fourth-order valence-electron chi connectivity index (χ4n) is 4.30. The molecule has 2 N–H and O–H groups in total. The van der Waals surface area contributed by atoms with Gasteiger partial charge in [-0.15, -0.1) is 0 Å². The zero-order chi connectivity index (χ0) is 16.6. The molecule has 1 aliphatic carbocycles. The monoisotopic (exact) mass is 347 g/mol. The number of likely N-dealkylation sites (tertiary alicyclic amines) is 1. The van der Waals surface area contributed by atoms with E-state index in [1.165, 1.54) is 11.3 Å². The third kappa shape index (κ3) is 3.09. The van der Waals surface area contributed by atoms with Crippen molar-refractivity contribution in [1.29, 1.82) is 0 Å². The molecule has 0 aromatic carbocycles. The van der Waals surface area contributed by atoms with Gasteiger partial charge in [0.1, 0.15) is 0 Å². The summed E-state index contributed by atoms with van der Waals surface area (Å²) in [6.45, 7) is 3.66. The Balaban J connectivity index is 1.26. The highest BCUT2D eigenvalue weighted by Gasteiger charge is 2.58. The fourth-order valence-corrected chi connectivity index (χ4v) is 4.94. The second kappa shape index (κ2) is 6.48. The molecule has 1 saturated carbocycles. The average molecular weight is 347 g/mol. The number of nitrogens with zero attached hydrogens (tertiary/aromatic N) is 1. The van der Waals surface area contributed by atoms with Gasteiger partial charge in [0.2, 0.25) is 5.91 Å². The van der Waals surface area contributed by atoms with Crippen LogP contribution in [0.25, 0.3) is 0 Å². The van der Waals surface area contributed by atoms with Crippen LogP contribution in [-0.2, 0) is 4.79 Å². The van der Waals surface area contributed by atoms with Crippen molar-refractivity contribution >= 4 is 23.2 Å². The number of nitrogens with one attached hydrogen (secondary N) is 2. The minimum Gasteiger partial charge on any atom is -0.349 e. The SMILES string of the molecule is O=C(NC1CCN(C(=O)C2CC23CCNCC3)CC1)c1ccsc1. The highest BCUT2D eigenvalue weighted by molar-refractivity contribution is 7.08. The van der Waals surface area contributed by atoms with Gasteiger partial charge in [0.15, 0.2) is 0 Å². The lowest BCUT2D eigenvalue weighted by Crippen LogP contribution is -2.47. The van der Waals surface area contributed by atoms with Crippen LogP contribution in [0, 0.1) is 11.3 Å². The second-order valence-corrected chi connectivity index (χ2v) is 8.23. The van der Waals surface area contributed by atoms with E-state index in [9.17, 15) is 9.59 Å². The molecule has 3 heterocycles. The Hall–Kier alpha value is -1.40. The summed E-state index contributed by atoms with van der Waals surface area (Å²) >= 11 is 1.54. The van der Waals surface area contributed by atoms with Crippen LogP contribution >= 0.6 is 11.3 Å². The van der Waals surface area contributed by atoms with Crippen molar-refractivity contribution in [1.82, 2.24) is 15.5 Å². The Morgan fingerprint density at radius 3 is 2.67 bits per heavy atom. The number of thiophene rings is 1. The van der Waals surface area contributed by atoms with Gasteiger partial charge < -0.3 is 15.5 Å². The molecule has 6 heteroatoms. The fraction of sp³-hybridized carbons (Fsp3) is 0.667. The molecule has 1 atom stereocenters. The van der Waals surface area contributed by atoms with E-state index in [0.717, 1.165) is 63.8 Å². The molecule has 1 aromatic rings. The summed E-state index contributed by atoms with van der Waals surface area (Å²) in [7, 11) is 0. The number of hydrogen-bond donors (Lipinski definition) is 2. The summed E-state index contributed by atoms with van der Waals surface area (Å²) in [6, 6.07) is 2.04. The molecule has 1 unspecified atom stereocenters. The minimum atomic E-state index is 0.0110.